The third-order valence-electron chi connectivity index (χ3n) is 4.81. The van der Waals surface area contributed by atoms with Gasteiger partial charge in [0.2, 0.25) is 0 Å². The number of hydrogen-bond donors (Lipinski definition) is 0. The lowest BCUT2D eigenvalue weighted by atomic mass is 9.88. The van der Waals surface area contributed by atoms with Crippen molar-refractivity contribution in [2.45, 2.75) is 26.7 Å². The molecule has 148 valence electrons. The van der Waals surface area contributed by atoms with Crippen LogP contribution >= 0.6 is 11.6 Å². The number of aldehydes is 1. The fourth-order valence-electron chi connectivity index (χ4n) is 3.43. The van der Waals surface area contributed by atoms with Gasteiger partial charge in [-0.1, -0.05) is 61.3 Å². The number of carbonyl (C=O) groups is 2. The van der Waals surface area contributed by atoms with Gasteiger partial charge in [-0.3, -0.25) is 4.79 Å². The first kappa shape index (κ1) is 20.8. The molecule has 0 fully saturated rings. The van der Waals surface area contributed by atoms with E-state index in [0.717, 1.165) is 52.2 Å². The molecule has 4 heteroatoms. The van der Waals surface area contributed by atoms with Crippen molar-refractivity contribution in [3.63, 3.8) is 0 Å². The zero-order valence-corrected chi connectivity index (χ0v) is 17.3. The first-order chi connectivity index (χ1) is 14.0. The van der Waals surface area contributed by atoms with E-state index >= 15 is 0 Å². The Labute approximate surface area is 176 Å². The molecule has 0 saturated carbocycles. The summed E-state index contributed by atoms with van der Waals surface area (Å²) in [5.74, 6) is -0.393. The van der Waals surface area contributed by atoms with Crippen LogP contribution in [0.2, 0.25) is 5.02 Å². The zero-order valence-electron chi connectivity index (χ0n) is 16.6. The maximum absolute atomic E-state index is 12.0. The van der Waals surface area contributed by atoms with Crippen molar-refractivity contribution in [3.05, 3.63) is 76.3 Å². The summed E-state index contributed by atoms with van der Waals surface area (Å²) in [6, 6.07) is 15.4. The number of hydrogen-bond acceptors (Lipinski definition) is 3. The van der Waals surface area contributed by atoms with Gasteiger partial charge in [-0.2, -0.15) is 0 Å². The molecule has 0 spiro atoms. The van der Waals surface area contributed by atoms with Crippen molar-refractivity contribution in [2.24, 2.45) is 0 Å². The Bertz CT molecular complexity index is 1080. The molecule has 0 amide bonds. The number of halogens is 1. The molecule has 3 aromatic rings. The molecule has 0 aromatic heterocycles. The van der Waals surface area contributed by atoms with E-state index in [0.29, 0.717) is 17.2 Å². The zero-order chi connectivity index (χ0) is 20.8. The molecule has 0 aliphatic heterocycles. The second-order valence-electron chi connectivity index (χ2n) is 6.91. The standard InChI is InChI=1S/C25H23ClO3/c1-3-4-13-29-23(28)12-11-19-15-21(26)14-17(2)24(19)25-20(16-27)10-9-18-7-5-6-8-22(18)25/h5-12,14-16H,3-4,13H2,1-2H3/b12-11+. The van der Waals surface area contributed by atoms with Crippen molar-refractivity contribution in [1.82, 2.24) is 0 Å². The van der Waals surface area contributed by atoms with E-state index in [9.17, 15) is 9.59 Å². The predicted octanol–water partition coefficient (Wildman–Crippen LogP) is 6.64. The van der Waals surface area contributed by atoms with Gasteiger partial charge in [-0.15, -0.1) is 0 Å². The van der Waals surface area contributed by atoms with E-state index in [-0.39, 0.29) is 0 Å². The highest BCUT2D eigenvalue weighted by Gasteiger charge is 2.16. The van der Waals surface area contributed by atoms with Crippen LogP contribution < -0.4 is 0 Å². The van der Waals surface area contributed by atoms with Crippen LogP contribution in [0.25, 0.3) is 28.0 Å². The molecule has 0 aliphatic carbocycles. The predicted molar refractivity (Wildman–Crippen MR) is 119 cm³/mol. The Morgan fingerprint density at radius 1 is 1.07 bits per heavy atom. The molecule has 0 N–H and O–H groups in total. The minimum Gasteiger partial charge on any atom is -0.463 e. The van der Waals surface area contributed by atoms with Gasteiger partial charge in [0.1, 0.15) is 0 Å². The lowest BCUT2D eigenvalue weighted by Crippen LogP contribution is -2.02. The van der Waals surface area contributed by atoms with Crippen molar-refractivity contribution < 1.29 is 14.3 Å². The summed E-state index contributed by atoms with van der Waals surface area (Å²) in [6.45, 7) is 4.40. The highest BCUT2D eigenvalue weighted by molar-refractivity contribution is 6.31. The van der Waals surface area contributed by atoms with Gasteiger partial charge >= 0.3 is 5.97 Å². The molecule has 0 atom stereocenters. The summed E-state index contributed by atoms with van der Waals surface area (Å²) in [5, 5.41) is 2.58. The topological polar surface area (TPSA) is 43.4 Å². The van der Waals surface area contributed by atoms with Crippen LogP contribution in [0.15, 0.2) is 54.6 Å². The lowest BCUT2D eigenvalue weighted by molar-refractivity contribution is -0.137. The van der Waals surface area contributed by atoms with Crippen molar-refractivity contribution in [2.75, 3.05) is 6.61 Å². The quantitative estimate of drug-likeness (QED) is 0.191. The largest absolute Gasteiger partial charge is 0.463 e. The number of rotatable bonds is 7. The highest BCUT2D eigenvalue weighted by atomic mass is 35.5. The van der Waals surface area contributed by atoms with Gasteiger partial charge in [0.05, 0.1) is 6.61 Å². The van der Waals surface area contributed by atoms with E-state index in [1.807, 2.05) is 56.3 Å². The maximum atomic E-state index is 12.0. The summed E-state index contributed by atoms with van der Waals surface area (Å²) >= 11 is 6.30. The molecule has 0 aliphatic rings. The molecule has 3 aromatic carbocycles. The number of aryl methyl sites for hydroxylation is 1. The van der Waals surface area contributed by atoms with E-state index in [1.54, 1.807) is 12.1 Å². The van der Waals surface area contributed by atoms with E-state index in [2.05, 4.69) is 0 Å². The van der Waals surface area contributed by atoms with Gasteiger partial charge in [-0.25, -0.2) is 4.79 Å². The summed E-state index contributed by atoms with van der Waals surface area (Å²) in [6.07, 6.45) is 5.78. The first-order valence-electron chi connectivity index (χ1n) is 9.67. The van der Waals surface area contributed by atoms with Crippen LogP contribution in [-0.2, 0) is 9.53 Å². The van der Waals surface area contributed by atoms with Gasteiger partial charge in [0, 0.05) is 22.2 Å². The Balaban J connectivity index is 2.15. The molecule has 3 nitrogen and oxygen atoms in total. The van der Waals surface area contributed by atoms with Gasteiger partial charge in [-0.05, 0) is 59.0 Å². The van der Waals surface area contributed by atoms with Gasteiger partial charge in [0.15, 0.2) is 6.29 Å². The Morgan fingerprint density at radius 3 is 2.62 bits per heavy atom. The average Bonchev–Trinajstić information content (AvgIpc) is 2.71. The van der Waals surface area contributed by atoms with Crippen LogP contribution in [0, 0.1) is 6.92 Å². The SMILES string of the molecule is CCCCOC(=O)/C=C/c1cc(Cl)cc(C)c1-c1c(C=O)ccc2ccccc12. The van der Waals surface area contributed by atoms with Crippen molar-refractivity contribution in [1.29, 1.82) is 0 Å². The van der Waals surface area contributed by atoms with Crippen molar-refractivity contribution >= 4 is 40.7 Å². The summed E-state index contributed by atoms with van der Waals surface area (Å²) in [7, 11) is 0. The van der Waals surface area contributed by atoms with Crippen molar-refractivity contribution in [3.8, 4) is 11.1 Å². The smallest absolute Gasteiger partial charge is 0.330 e. The van der Waals surface area contributed by atoms with Crippen LogP contribution in [0.3, 0.4) is 0 Å². The third kappa shape index (κ3) is 4.75. The number of fused-ring (bicyclic) bond motifs is 1. The van der Waals surface area contributed by atoms with Crippen LogP contribution in [0.1, 0.15) is 41.3 Å². The maximum Gasteiger partial charge on any atom is 0.330 e. The fourth-order valence-corrected chi connectivity index (χ4v) is 3.71. The lowest BCUT2D eigenvalue weighted by Gasteiger charge is -2.16. The minimum atomic E-state index is -0.393. The summed E-state index contributed by atoms with van der Waals surface area (Å²) in [4.78, 5) is 23.9. The number of benzene rings is 3. The molecule has 0 heterocycles. The second kappa shape index (κ2) is 9.53. The molecular weight excluding hydrogens is 384 g/mol. The van der Waals surface area contributed by atoms with E-state index in [1.165, 1.54) is 6.08 Å². The van der Waals surface area contributed by atoms with Crippen LogP contribution in [-0.4, -0.2) is 18.9 Å². The van der Waals surface area contributed by atoms with Gasteiger partial charge < -0.3 is 4.74 Å². The average molecular weight is 407 g/mol. The molecule has 0 radical (unpaired) electrons. The second-order valence-corrected chi connectivity index (χ2v) is 7.35. The molecule has 0 bridgehead atoms. The summed E-state index contributed by atoms with van der Waals surface area (Å²) < 4.78 is 5.21. The highest BCUT2D eigenvalue weighted by Crippen LogP contribution is 2.38. The minimum absolute atomic E-state index is 0.393. The monoisotopic (exact) mass is 406 g/mol. The summed E-state index contributed by atoms with van der Waals surface area (Å²) in [5.41, 5.74) is 4.00. The fraction of sp³-hybridized carbons (Fsp3) is 0.200. The Morgan fingerprint density at radius 2 is 1.86 bits per heavy atom. The van der Waals surface area contributed by atoms with Gasteiger partial charge in [0.25, 0.3) is 0 Å². The van der Waals surface area contributed by atoms with Crippen LogP contribution in [0.4, 0.5) is 0 Å². The third-order valence-corrected chi connectivity index (χ3v) is 5.03. The first-order valence-corrected chi connectivity index (χ1v) is 10.0. The molecule has 3 rings (SSSR count). The molecule has 29 heavy (non-hydrogen) atoms. The number of unbranched alkanes of at least 4 members (excludes halogenated alkanes) is 1. The Hall–Kier alpha value is -2.91. The molecule has 0 unspecified atom stereocenters. The normalized spacial score (nSPS) is 11.1. The van der Waals surface area contributed by atoms with E-state index in [4.69, 9.17) is 16.3 Å². The molecular formula is C25H23ClO3. The number of esters is 1. The number of ether oxygens (including phenoxy) is 1. The van der Waals surface area contributed by atoms with E-state index < -0.39 is 5.97 Å². The Kier molecular flexibility index (Phi) is 6.84. The molecule has 0 saturated heterocycles. The number of carbonyl (C=O) groups excluding carboxylic acids is 2. The van der Waals surface area contributed by atoms with Crippen LogP contribution in [0.5, 0.6) is 0 Å².